The summed E-state index contributed by atoms with van der Waals surface area (Å²) in [5.41, 5.74) is 2.35. The molecule has 1 atom stereocenters. The Morgan fingerprint density at radius 3 is 2.67 bits per heavy atom. The Morgan fingerprint density at radius 2 is 1.97 bits per heavy atom. The number of nitrogens with one attached hydrogen (secondary N) is 2. The van der Waals surface area contributed by atoms with Crippen LogP contribution in [0.1, 0.15) is 18.5 Å². The van der Waals surface area contributed by atoms with E-state index in [2.05, 4.69) is 20.6 Å². The van der Waals surface area contributed by atoms with Crippen LogP contribution in [0.25, 0.3) is 10.9 Å². The van der Waals surface area contributed by atoms with Crippen LogP contribution in [0.4, 0.5) is 11.5 Å². The van der Waals surface area contributed by atoms with E-state index in [0.717, 1.165) is 10.9 Å². The molecule has 174 valence electrons. The molecule has 8 heteroatoms. The molecule has 0 aliphatic heterocycles. The lowest BCUT2D eigenvalue weighted by molar-refractivity contribution is -0.111. The van der Waals surface area contributed by atoms with Gasteiger partial charge in [-0.25, -0.2) is 9.97 Å². The largest absolute Gasteiger partial charge is 0.492 e. The maximum absolute atomic E-state index is 12.5. The number of anilines is 2. The van der Waals surface area contributed by atoms with Crippen LogP contribution in [0.15, 0.2) is 60.9 Å². The number of aromatic nitrogens is 2. The summed E-state index contributed by atoms with van der Waals surface area (Å²) in [4.78, 5) is 23.3. The van der Waals surface area contributed by atoms with E-state index in [1.165, 1.54) is 12.4 Å². The van der Waals surface area contributed by atoms with Crippen molar-refractivity contribution in [3.8, 4) is 5.75 Å². The van der Waals surface area contributed by atoms with E-state index >= 15 is 0 Å². The van der Waals surface area contributed by atoms with Crippen LogP contribution in [0.3, 0.4) is 0 Å². The number of hydrogen-bond donors (Lipinski definition) is 2. The maximum atomic E-state index is 12.5. The zero-order valence-corrected chi connectivity index (χ0v) is 19.5. The summed E-state index contributed by atoms with van der Waals surface area (Å²) in [6, 6.07) is 13.6. The van der Waals surface area contributed by atoms with E-state index in [0.29, 0.717) is 42.5 Å². The molecule has 0 aliphatic carbocycles. The molecule has 33 heavy (non-hydrogen) atoms. The first-order valence-corrected chi connectivity index (χ1v) is 10.9. The summed E-state index contributed by atoms with van der Waals surface area (Å²) < 4.78 is 11.2. The fourth-order valence-electron chi connectivity index (χ4n) is 3.35. The lowest BCUT2D eigenvalue weighted by Crippen LogP contribution is -2.17. The summed E-state index contributed by atoms with van der Waals surface area (Å²) in [5.74, 6) is 0.971. The van der Waals surface area contributed by atoms with Crippen LogP contribution in [0, 0.1) is 0 Å². The average Bonchev–Trinajstić information content (AvgIpc) is 2.80. The molecule has 1 amide bonds. The van der Waals surface area contributed by atoms with Gasteiger partial charge in [0, 0.05) is 31.2 Å². The molecule has 0 saturated heterocycles. The average molecular weight is 450 g/mol. The van der Waals surface area contributed by atoms with E-state index in [4.69, 9.17) is 9.47 Å². The van der Waals surface area contributed by atoms with E-state index in [1.54, 1.807) is 7.11 Å². The number of amides is 1. The summed E-state index contributed by atoms with van der Waals surface area (Å²) in [6.07, 6.45) is 4.84. The quantitative estimate of drug-likeness (QED) is 0.430. The Morgan fingerprint density at radius 1 is 1.18 bits per heavy atom. The monoisotopic (exact) mass is 449 g/mol. The molecule has 2 N–H and O–H groups in total. The molecule has 3 aromatic rings. The second kappa shape index (κ2) is 11.9. The highest BCUT2D eigenvalue weighted by molar-refractivity contribution is 6.03. The predicted molar refractivity (Wildman–Crippen MR) is 132 cm³/mol. The van der Waals surface area contributed by atoms with Gasteiger partial charge < -0.3 is 25.0 Å². The highest BCUT2D eigenvalue weighted by atomic mass is 16.5. The van der Waals surface area contributed by atoms with Gasteiger partial charge in [-0.15, -0.1) is 0 Å². The van der Waals surface area contributed by atoms with Gasteiger partial charge in [-0.05, 0) is 32.6 Å². The van der Waals surface area contributed by atoms with Crippen LogP contribution in [-0.2, 0) is 9.53 Å². The van der Waals surface area contributed by atoms with Gasteiger partial charge in [0.25, 0.3) is 0 Å². The van der Waals surface area contributed by atoms with Crippen molar-refractivity contribution < 1.29 is 14.3 Å². The molecule has 0 fully saturated rings. The third-order valence-corrected chi connectivity index (χ3v) is 4.88. The van der Waals surface area contributed by atoms with Gasteiger partial charge in [-0.3, -0.25) is 4.79 Å². The van der Waals surface area contributed by atoms with Gasteiger partial charge in [0.05, 0.1) is 30.5 Å². The van der Waals surface area contributed by atoms with Gasteiger partial charge in [0.1, 0.15) is 17.9 Å². The first-order chi connectivity index (χ1) is 16.0. The van der Waals surface area contributed by atoms with E-state index in [1.807, 2.05) is 74.5 Å². The molecule has 0 spiro atoms. The summed E-state index contributed by atoms with van der Waals surface area (Å²) >= 11 is 0. The molecular formula is C25H31N5O3. The van der Waals surface area contributed by atoms with Crippen LogP contribution < -0.4 is 15.4 Å². The van der Waals surface area contributed by atoms with Crippen molar-refractivity contribution in [1.29, 1.82) is 0 Å². The Bertz CT molecular complexity index is 1090. The van der Waals surface area contributed by atoms with Crippen LogP contribution >= 0.6 is 0 Å². The Balaban J connectivity index is 1.95. The number of nitrogens with zero attached hydrogens (tertiary/aromatic N) is 3. The summed E-state index contributed by atoms with van der Waals surface area (Å²) in [7, 11) is 5.56. The molecule has 3 rings (SSSR count). The number of carbonyl (C=O) groups excluding carboxylic acids is 1. The van der Waals surface area contributed by atoms with Gasteiger partial charge >= 0.3 is 0 Å². The Hall–Kier alpha value is -3.49. The third-order valence-electron chi connectivity index (χ3n) is 4.88. The number of rotatable bonds is 11. The van der Waals surface area contributed by atoms with Gasteiger partial charge in [0.15, 0.2) is 0 Å². The second-order valence-corrected chi connectivity index (χ2v) is 7.74. The van der Waals surface area contributed by atoms with Gasteiger partial charge in [-0.1, -0.05) is 36.4 Å². The normalized spacial score (nSPS) is 12.3. The standard InChI is InChI=1S/C25H31N5O3/c1-5-33-23-15-20-19(14-21(23)28-24(31)12-9-13-30(2)3)25(27-17-26-20)29-22(16-32-4)18-10-7-6-8-11-18/h6-12,14-15,17,22H,5,13,16H2,1-4H3,(H,28,31)(H,26,27,29)/b12-9+/t22-/m1/s1. The number of hydrogen-bond acceptors (Lipinski definition) is 7. The minimum Gasteiger partial charge on any atom is -0.492 e. The highest BCUT2D eigenvalue weighted by Gasteiger charge is 2.16. The minimum atomic E-state index is -0.231. The van der Waals surface area contributed by atoms with Crippen LogP contribution in [0.5, 0.6) is 5.75 Å². The van der Waals surface area contributed by atoms with Crippen molar-refractivity contribution >= 4 is 28.3 Å². The van der Waals surface area contributed by atoms with Crippen molar-refractivity contribution in [3.05, 3.63) is 66.5 Å². The predicted octanol–water partition coefficient (Wildman–Crippen LogP) is 3.88. The molecule has 8 nitrogen and oxygen atoms in total. The highest BCUT2D eigenvalue weighted by Crippen LogP contribution is 2.33. The zero-order valence-electron chi connectivity index (χ0n) is 19.5. The number of benzene rings is 2. The molecule has 0 aliphatic rings. The summed E-state index contributed by atoms with van der Waals surface area (Å²) in [6.45, 7) is 3.50. The third kappa shape index (κ3) is 6.74. The zero-order chi connectivity index (χ0) is 23.6. The van der Waals surface area contributed by atoms with E-state index in [-0.39, 0.29) is 11.9 Å². The number of likely N-dealkylation sites (N-methyl/N-ethyl adjacent to an activating group) is 1. The summed E-state index contributed by atoms with van der Waals surface area (Å²) in [5, 5.41) is 7.16. The smallest absolute Gasteiger partial charge is 0.248 e. The van der Waals surface area contributed by atoms with E-state index < -0.39 is 0 Å². The van der Waals surface area contributed by atoms with Crippen molar-refractivity contribution in [3.63, 3.8) is 0 Å². The fourth-order valence-corrected chi connectivity index (χ4v) is 3.35. The Kier molecular flexibility index (Phi) is 8.74. The van der Waals surface area contributed by atoms with Crippen molar-refractivity contribution in [2.75, 3.05) is 51.6 Å². The first kappa shape index (κ1) is 24.2. The number of carbonyl (C=O) groups is 1. The van der Waals surface area contributed by atoms with Crippen molar-refractivity contribution in [2.24, 2.45) is 0 Å². The van der Waals surface area contributed by atoms with Gasteiger partial charge in [-0.2, -0.15) is 0 Å². The molecule has 0 saturated carbocycles. The molecule has 0 unspecified atom stereocenters. The molecule has 2 aromatic carbocycles. The van der Waals surface area contributed by atoms with Crippen LogP contribution in [-0.4, -0.2) is 61.7 Å². The fraction of sp³-hybridized carbons (Fsp3) is 0.320. The number of fused-ring (bicyclic) bond motifs is 1. The van der Waals surface area contributed by atoms with E-state index in [9.17, 15) is 4.79 Å². The second-order valence-electron chi connectivity index (χ2n) is 7.74. The number of methoxy groups -OCH3 is 1. The Labute approximate surface area is 194 Å². The molecule has 0 bridgehead atoms. The molecule has 1 heterocycles. The van der Waals surface area contributed by atoms with Crippen molar-refractivity contribution in [2.45, 2.75) is 13.0 Å². The molecular weight excluding hydrogens is 418 g/mol. The van der Waals surface area contributed by atoms with Gasteiger partial charge in [0.2, 0.25) is 5.91 Å². The lowest BCUT2D eigenvalue weighted by Gasteiger charge is -2.20. The van der Waals surface area contributed by atoms with Crippen molar-refractivity contribution in [1.82, 2.24) is 14.9 Å². The number of ether oxygens (including phenoxy) is 2. The minimum absolute atomic E-state index is 0.104. The van der Waals surface area contributed by atoms with Crippen LogP contribution in [0.2, 0.25) is 0 Å². The maximum Gasteiger partial charge on any atom is 0.248 e. The molecule has 1 aromatic heterocycles. The first-order valence-electron chi connectivity index (χ1n) is 10.9. The lowest BCUT2D eigenvalue weighted by atomic mass is 10.1. The topological polar surface area (TPSA) is 88.6 Å². The SMILES string of the molecule is CCOc1cc2ncnc(N[C@H](COC)c3ccccc3)c2cc1NC(=O)/C=C/CN(C)C. The molecule has 0 radical (unpaired) electrons.